The van der Waals surface area contributed by atoms with Crippen molar-refractivity contribution in [2.75, 3.05) is 5.32 Å². The Balaban J connectivity index is 2.32. The molecule has 0 heterocycles. The number of carbonyl (C=O) groups is 1. The van der Waals surface area contributed by atoms with Gasteiger partial charge in [0.05, 0.1) is 16.3 Å². The van der Waals surface area contributed by atoms with Gasteiger partial charge < -0.3 is 5.32 Å². The Labute approximate surface area is 111 Å². The lowest BCUT2D eigenvalue weighted by Crippen LogP contribution is -2.15. The maximum absolute atomic E-state index is 13.5. The Morgan fingerprint density at radius 1 is 1.05 bits per heavy atom. The molecule has 0 aliphatic rings. The summed E-state index contributed by atoms with van der Waals surface area (Å²) in [6.45, 7) is 0. The number of carbonyl (C=O) groups excluding carboxylic acids is 1. The average molecular weight is 286 g/mol. The van der Waals surface area contributed by atoms with Gasteiger partial charge in [-0.3, -0.25) is 4.79 Å². The molecule has 19 heavy (non-hydrogen) atoms. The minimum absolute atomic E-state index is 0.262. The molecule has 2 nitrogen and oxygen atoms in total. The van der Waals surface area contributed by atoms with Crippen molar-refractivity contribution in [2.45, 2.75) is 0 Å². The van der Waals surface area contributed by atoms with Gasteiger partial charge in [0.25, 0.3) is 5.91 Å². The summed E-state index contributed by atoms with van der Waals surface area (Å²) in [7, 11) is 0. The fraction of sp³-hybridized carbons (Fsp3) is 0. The Morgan fingerprint density at radius 2 is 1.74 bits per heavy atom. The van der Waals surface area contributed by atoms with Crippen molar-refractivity contribution in [1.29, 1.82) is 0 Å². The highest BCUT2D eigenvalue weighted by Gasteiger charge is 2.16. The van der Waals surface area contributed by atoms with Crippen molar-refractivity contribution in [2.24, 2.45) is 0 Å². The number of nitrogens with one attached hydrogen (secondary N) is 1. The van der Waals surface area contributed by atoms with E-state index in [0.29, 0.717) is 6.07 Å². The standard InChI is InChI=1S/C13H7ClF3NO/c14-9-5-7(15)6-11(17)12(9)18-13(19)8-3-1-2-4-10(8)16/h1-6H,(H,18,19). The van der Waals surface area contributed by atoms with Crippen LogP contribution in [0.25, 0.3) is 0 Å². The normalized spacial score (nSPS) is 10.3. The van der Waals surface area contributed by atoms with Crippen LogP contribution in [0, 0.1) is 17.5 Å². The van der Waals surface area contributed by atoms with Gasteiger partial charge in [0.15, 0.2) is 5.82 Å². The van der Waals surface area contributed by atoms with Crippen molar-refractivity contribution in [1.82, 2.24) is 0 Å². The van der Waals surface area contributed by atoms with Crippen molar-refractivity contribution in [3.8, 4) is 0 Å². The number of amides is 1. The van der Waals surface area contributed by atoms with Crippen LogP contribution in [-0.2, 0) is 0 Å². The molecule has 0 spiro atoms. The summed E-state index contributed by atoms with van der Waals surface area (Å²) in [5.41, 5.74) is -0.654. The number of halogens is 4. The first-order chi connectivity index (χ1) is 8.99. The van der Waals surface area contributed by atoms with Crippen molar-refractivity contribution in [3.05, 3.63) is 64.4 Å². The minimum atomic E-state index is -1.03. The first kappa shape index (κ1) is 13.4. The third-order valence-corrected chi connectivity index (χ3v) is 2.66. The second-order valence-corrected chi connectivity index (χ2v) is 4.09. The Hall–Kier alpha value is -2.01. The summed E-state index contributed by atoms with van der Waals surface area (Å²) in [4.78, 5) is 11.8. The van der Waals surface area contributed by atoms with E-state index in [9.17, 15) is 18.0 Å². The fourth-order valence-electron chi connectivity index (χ4n) is 1.49. The molecular formula is C13H7ClF3NO. The van der Waals surface area contributed by atoms with E-state index in [1.807, 2.05) is 0 Å². The van der Waals surface area contributed by atoms with Gasteiger partial charge in [-0.05, 0) is 18.2 Å². The Bertz CT molecular complexity index is 623. The molecule has 0 aliphatic carbocycles. The molecule has 2 aromatic carbocycles. The molecule has 98 valence electrons. The van der Waals surface area contributed by atoms with Gasteiger partial charge in [0.1, 0.15) is 11.6 Å². The maximum atomic E-state index is 13.5. The minimum Gasteiger partial charge on any atom is -0.318 e. The molecule has 0 unspecified atom stereocenters. The van der Waals surface area contributed by atoms with Crippen LogP contribution >= 0.6 is 11.6 Å². The molecule has 0 aromatic heterocycles. The summed E-state index contributed by atoms with van der Waals surface area (Å²) in [5.74, 6) is -3.52. The molecule has 1 amide bonds. The van der Waals surface area contributed by atoms with E-state index in [1.165, 1.54) is 18.2 Å². The first-order valence-corrected chi connectivity index (χ1v) is 5.57. The summed E-state index contributed by atoms with van der Waals surface area (Å²) < 4.78 is 39.7. The predicted octanol–water partition coefficient (Wildman–Crippen LogP) is 4.01. The summed E-state index contributed by atoms with van der Waals surface area (Å²) in [5, 5.41) is 1.81. The zero-order valence-electron chi connectivity index (χ0n) is 9.38. The van der Waals surface area contributed by atoms with Crippen molar-refractivity contribution >= 4 is 23.2 Å². The monoisotopic (exact) mass is 285 g/mol. The van der Waals surface area contributed by atoms with Crippen LogP contribution < -0.4 is 5.32 Å². The zero-order valence-corrected chi connectivity index (χ0v) is 10.1. The molecule has 0 fully saturated rings. The zero-order chi connectivity index (χ0) is 14.0. The predicted molar refractivity (Wildman–Crippen MR) is 65.7 cm³/mol. The van der Waals surface area contributed by atoms with Crippen LogP contribution in [0.2, 0.25) is 5.02 Å². The summed E-state index contributed by atoms with van der Waals surface area (Å²) in [6, 6.07) is 6.63. The van der Waals surface area contributed by atoms with Crippen LogP contribution in [0.15, 0.2) is 36.4 Å². The van der Waals surface area contributed by atoms with Crippen LogP contribution in [-0.4, -0.2) is 5.91 Å². The van der Waals surface area contributed by atoms with Gasteiger partial charge in [0, 0.05) is 6.07 Å². The lowest BCUT2D eigenvalue weighted by molar-refractivity contribution is 0.102. The van der Waals surface area contributed by atoms with Crippen LogP contribution in [0.1, 0.15) is 10.4 Å². The van der Waals surface area contributed by atoms with Gasteiger partial charge in [0.2, 0.25) is 0 Å². The number of rotatable bonds is 2. The third-order valence-electron chi connectivity index (χ3n) is 2.36. The van der Waals surface area contributed by atoms with E-state index in [0.717, 1.165) is 12.1 Å². The Kier molecular flexibility index (Phi) is 3.76. The van der Waals surface area contributed by atoms with E-state index in [4.69, 9.17) is 11.6 Å². The molecule has 6 heteroatoms. The number of anilines is 1. The molecule has 0 atom stereocenters. The second-order valence-electron chi connectivity index (χ2n) is 3.68. The molecule has 0 radical (unpaired) electrons. The quantitative estimate of drug-likeness (QED) is 0.887. The molecular weight excluding hydrogens is 279 g/mol. The first-order valence-electron chi connectivity index (χ1n) is 5.19. The van der Waals surface area contributed by atoms with E-state index >= 15 is 0 Å². The van der Waals surface area contributed by atoms with Crippen LogP contribution in [0.3, 0.4) is 0 Å². The topological polar surface area (TPSA) is 29.1 Å². The van der Waals surface area contributed by atoms with Crippen molar-refractivity contribution in [3.63, 3.8) is 0 Å². The highest BCUT2D eigenvalue weighted by atomic mass is 35.5. The number of hydrogen-bond acceptors (Lipinski definition) is 1. The molecule has 2 aromatic rings. The SMILES string of the molecule is O=C(Nc1c(F)cc(F)cc1Cl)c1ccccc1F. The van der Waals surface area contributed by atoms with Crippen LogP contribution in [0.5, 0.6) is 0 Å². The number of hydrogen-bond donors (Lipinski definition) is 1. The number of benzene rings is 2. The molecule has 0 bridgehead atoms. The summed E-state index contributed by atoms with van der Waals surface area (Å²) in [6.07, 6.45) is 0. The van der Waals surface area contributed by atoms with Gasteiger partial charge in [-0.15, -0.1) is 0 Å². The lowest BCUT2D eigenvalue weighted by Gasteiger charge is -2.09. The largest absolute Gasteiger partial charge is 0.318 e. The second kappa shape index (κ2) is 5.32. The highest BCUT2D eigenvalue weighted by molar-refractivity contribution is 6.34. The summed E-state index contributed by atoms with van der Waals surface area (Å²) >= 11 is 5.62. The smallest absolute Gasteiger partial charge is 0.258 e. The molecule has 0 saturated carbocycles. The fourth-order valence-corrected chi connectivity index (χ4v) is 1.73. The average Bonchev–Trinajstić information content (AvgIpc) is 2.34. The van der Waals surface area contributed by atoms with E-state index in [-0.39, 0.29) is 10.6 Å². The highest BCUT2D eigenvalue weighted by Crippen LogP contribution is 2.27. The Morgan fingerprint density at radius 3 is 2.37 bits per heavy atom. The van der Waals surface area contributed by atoms with E-state index < -0.39 is 29.0 Å². The van der Waals surface area contributed by atoms with E-state index in [2.05, 4.69) is 5.32 Å². The van der Waals surface area contributed by atoms with Crippen molar-refractivity contribution < 1.29 is 18.0 Å². The van der Waals surface area contributed by atoms with Gasteiger partial charge >= 0.3 is 0 Å². The molecule has 2 rings (SSSR count). The molecule has 1 N–H and O–H groups in total. The van der Waals surface area contributed by atoms with Crippen LogP contribution in [0.4, 0.5) is 18.9 Å². The maximum Gasteiger partial charge on any atom is 0.258 e. The molecule has 0 saturated heterocycles. The van der Waals surface area contributed by atoms with Gasteiger partial charge in [-0.2, -0.15) is 0 Å². The lowest BCUT2D eigenvalue weighted by atomic mass is 10.2. The molecule has 0 aliphatic heterocycles. The van der Waals surface area contributed by atoms with Gasteiger partial charge in [-0.25, -0.2) is 13.2 Å². The van der Waals surface area contributed by atoms with Gasteiger partial charge in [-0.1, -0.05) is 23.7 Å². The van der Waals surface area contributed by atoms with E-state index in [1.54, 1.807) is 0 Å². The third kappa shape index (κ3) is 2.88.